The number of rotatable bonds is 8. The van der Waals surface area contributed by atoms with Crippen molar-refractivity contribution in [3.05, 3.63) is 132 Å². The molecule has 0 fully saturated rings. The SMILES string of the molecule is Cc1ccc(-c2ccc(CNC(=O)Oc3cc(NC(=O)c4ccccc4Oc4ccccc4)cn3C)cc2)cc1. The van der Waals surface area contributed by atoms with Crippen LogP contribution in [0.2, 0.25) is 0 Å². The first kappa shape index (κ1) is 26.3. The van der Waals surface area contributed by atoms with Crippen LogP contribution in [0.5, 0.6) is 17.4 Å². The van der Waals surface area contributed by atoms with E-state index in [2.05, 4.69) is 41.8 Å². The highest BCUT2D eigenvalue weighted by molar-refractivity contribution is 6.06. The number of amides is 2. The molecule has 0 radical (unpaired) electrons. The van der Waals surface area contributed by atoms with E-state index < -0.39 is 6.09 Å². The zero-order chi connectivity index (χ0) is 27.9. The van der Waals surface area contributed by atoms with Crippen LogP contribution in [0.15, 0.2) is 115 Å². The number of anilines is 1. The number of nitrogens with zero attached hydrogens (tertiary/aromatic N) is 1. The van der Waals surface area contributed by atoms with Gasteiger partial charge in [-0.05, 0) is 47.9 Å². The maximum absolute atomic E-state index is 13.0. The van der Waals surface area contributed by atoms with Crippen LogP contribution in [0.4, 0.5) is 10.5 Å². The van der Waals surface area contributed by atoms with Crippen molar-refractivity contribution in [2.24, 2.45) is 7.05 Å². The van der Waals surface area contributed by atoms with Crippen molar-refractivity contribution < 1.29 is 19.1 Å². The smallest absolute Gasteiger partial charge is 0.414 e. The number of ether oxygens (including phenoxy) is 2. The van der Waals surface area contributed by atoms with Crippen LogP contribution >= 0.6 is 0 Å². The third-order valence-corrected chi connectivity index (χ3v) is 6.29. The largest absolute Gasteiger partial charge is 0.457 e. The van der Waals surface area contributed by atoms with Crippen LogP contribution in [0.25, 0.3) is 11.1 Å². The summed E-state index contributed by atoms with van der Waals surface area (Å²) in [6.45, 7) is 2.38. The van der Waals surface area contributed by atoms with E-state index in [0.717, 1.165) is 16.7 Å². The lowest BCUT2D eigenvalue weighted by atomic mass is 10.0. The molecule has 7 heteroatoms. The zero-order valence-corrected chi connectivity index (χ0v) is 22.3. The number of hydrogen-bond acceptors (Lipinski definition) is 4. The summed E-state index contributed by atoms with van der Waals surface area (Å²) in [4.78, 5) is 25.5. The van der Waals surface area contributed by atoms with E-state index in [-0.39, 0.29) is 11.8 Å². The fourth-order valence-electron chi connectivity index (χ4n) is 4.14. The van der Waals surface area contributed by atoms with Crippen LogP contribution < -0.4 is 20.1 Å². The Bertz CT molecular complexity index is 1610. The number of aromatic nitrogens is 1. The van der Waals surface area contributed by atoms with Gasteiger partial charge in [0, 0.05) is 25.9 Å². The molecule has 0 atom stereocenters. The third-order valence-electron chi connectivity index (χ3n) is 6.29. The summed E-state index contributed by atoms with van der Waals surface area (Å²) in [6, 6.07) is 34.2. The Kier molecular flexibility index (Phi) is 7.92. The Balaban J connectivity index is 1.17. The Morgan fingerprint density at radius 2 is 1.45 bits per heavy atom. The highest BCUT2D eigenvalue weighted by atomic mass is 16.6. The maximum atomic E-state index is 13.0. The molecule has 4 aromatic carbocycles. The van der Waals surface area contributed by atoms with E-state index in [9.17, 15) is 9.59 Å². The van der Waals surface area contributed by atoms with E-state index in [1.807, 2.05) is 54.6 Å². The van der Waals surface area contributed by atoms with Gasteiger partial charge in [0.15, 0.2) is 0 Å². The first-order chi connectivity index (χ1) is 19.4. The fraction of sp³-hybridized carbons (Fsp3) is 0.0909. The minimum atomic E-state index is -0.594. The minimum absolute atomic E-state index is 0.288. The van der Waals surface area contributed by atoms with Gasteiger partial charge in [-0.25, -0.2) is 4.79 Å². The molecule has 2 amide bonds. The molecule has 2 N–H and O–H groups in total. The molecule has 0 saturated heterocycles. The van der Waals surface area contributed by atoms with Crippen molar-refractivity contribution in [2.45, 2.75) is 13.5 Å². The predicted molar refractivity (Wildman–Crippen MR) is 156 cm³/mol. The molecule has 0 spiro atoms. The summed E-state index contributed by atoms with van der Waals surface area (Å²) >= 11 is 0. The van der Waals surface area contributed by atoms with Crippen LogP contribution in [0, 0.1) is 6.92 Å². The standard InChI is InChI=1S/C33H29N3O4/c1-23-12-16-25(17-13-23)26-18-14-24(15-19-26)21-34-33(38)40-31-20-27(22-36(31)2)35-32(37)29-10-6-7-11-30(29)39-28-8-4-3-5-9-28/h3-20,22H,21H2,1-2H3,(H,34,38)(H,35,37). The van der Waals surface area contributed by atoms with Gasteiger partial charge >= 0.3 is 6.09 Å². The van der Waals surface area contributed by atoms with Crippen molar-refractivity contribution in [2.75, 3.05) is 5.32 Å². The number of nitrogens with one attached hydrogen (secondary N) is 2. The predicted octanol–water partition coefficient (Wildman–Crippen LogP) is 7.33. The average Bonchev–Trinajstić information content (AvgIpc) is 3.31. The molecule has 1 heterocycles. The minimum Gasteiger partial charge on any atom is -0.457 e. The van der Waals surface area contributed by atoms with Gasteiger partial charge in [0.1, 0.15) is 11.5 Å². The van der Waals surface area contributed by atoms with Gasteiger partial charge in [0.2, 0.25) is 5.88 Å². The number of para-hydroxylation sites is 2. The van der Waals surface area contributed by atoms with Gasteiger partial charge in [0.25, 0.3) is 5.91 Å². The molecule has 5 aromatic rings. The topological polar surface area (TPSA) is 81.6 Å². The van der Waals surface area contributed by atoms with Gasteiger partial charge < -0.3 is 24.7 Å². The molecule has 40 heavy (non-hydrogen) atoms. The monoisotopic (exact) mass is 531 g/mol. The fourth-order valence-corrected chi connectivity index (χ4v) is 4.14. The first-order valence-corrected chi connectivity index (χ1v) is 12.9. The second kappa shape index (κ2) is 12.0. The quantitative estimate of drug-likeness (QED) is 0.220. The summed E-state index contributed by atoms with van der Waals surface area (Å²) in [5.74, 6) is 1.01. The number of carbonyl (C=O) groups is 2. The molecular formula is C33H29N3O4. The number of carbonyl (C=O) groups excluding carboxylic acids is 2. The molecule has 1 aromatic heterocycles. The van der Waals surface area contributed by atoms with Gasteiger partial charge in [-0.1, -0.05) is 84.4 Å². The van der Waals surface area contributed by atoms with Gasteiger partial charge in [-0.15, -0.1) is 0 Å². The summed E-state index contributed by atoms with van der Waals surface area (Å²) in [5, 5.41) is 5.62. The summed E-state index contributed by atoms with van der Waals surface area (Å²) < 4.78 is 13.0. The Morgan fingerprint density at radius 1 is 0.800 bits per heavy atom. The normalized spacial score (nSPS) is 10.6. The first-order valence-electron chi connectivity index (χ1n) is 12.9. The molecule has 7 nitrogen and oxygen atoms in total. The van der Waals surface area contributed by atoms with Gasteiger partial charge in [-0.3, -0.25) is 4.79 Å². The summed E-state index contributed by atoms with van der Waals surface area (Å²) in [7, 11) is 1.73. The van der Waals surface area contributed by atoms with Crippen LogP contribution in [0.3, 0.4) is 0 Å². The van der Waals surface area contributed by atoms with Crippen molar-refractivity contribution in [3.63, 3.8) is 0 Å². The highest BCUT2D eigenvalue weighted by Gasteiger charge is 2.16. The number of aryl methyl sites for hydroxylation is 2. The summed E-state index contributed by atoms with van der Waals surface area (Å²) in [5.41, 5.74) is 5.28. The van der Waals surface area contributed by atoms with E-state index in [1.54, 1.807) is 48.1 Å². The lowest BCUT2D eigenvalue weighted by molar-refractivity contribution is 0.102. The van der Waals surface area contributed by atoms with E-state index in [1.165, 1.54) is 5.56 Å². The van der Waals surface area contributed by atoms with Crippen LogP contribution in [0.1, 0.15) is 21.5 Å². The Morgan fingerprint density at radius 3 is 2.17 bits per heavy atom. The highest BCUT2D eigenvalue weighted by Crippen LogP contribution is 2.27. The maximum Gasteiger partial charge on any atom is 0.414 e. The second-order valence-corrected chi connectivity index (χ2v) is 9.35. The molecule has 200 valence electrons. The Hall–Kier alpha value is -5.30. The van der Waals surface area contributed by atoms with Gasteiger partial charge in [0.05, 0.1) is 11.3 Å². The zero-order valence-electron chi connectivity index (χ0n) is 22.3. The third kappa shape index (κ3) is 6.57. The van der Waals surface area contributed by atoms with E-state index >= 15 is 0 Å². The molecule has 0 saturated carbocycles. The molecule has 0 aliphatic carbocycles. The van der Waals surface area contributed by atoms with Gasteiger partial charge in [-0.2, -0.15) is 0 Å². The average molecular weight is 532 g/mol. The van der Waals surface area contributed by atoms with Crippen LogP contribution in [-0.4, -0.2) is 16.6 Å². The molecule has 0 aliphatic heterocycles. The second-order valence-electron chi connectivity index (χ2n) is 9.35. The molecule has 5 rings (SSSR count). The molecular weight excluding hydrogens is 502 g/mol. The lowest BCUT2D eigenvalue weighted by Crippen LogP contribution is -2.26. The number of benzene rings is 4. The summed E-state index contributed by atoms with van der Waals surface area (Å²) in [6.07, 6.45) is 1.08. The molecule has 0 unspecified atom stereocenters. The lowest BCUT2D eigenvalue weighted by Gasteiger charge is -2.10. The van der Waals surface area contributed by atoms with E-state index in [0.29, 0.717) is 29.3 Å². The van der Waals surface area contributed by atoms with Crippen LogP contribution in [-0.2, 0) is 13.6 Å². The molecule has 0 bridgehead atoms. The van der Waals surface area contributed by atoms with Crippen molar-refractivity contribution in [1.29, 1.82) is 0 Å². The Labute approximate surface area is 233 Å². The number of hydrogen-bond donors (Lipinski definition) is 2. The van der Waals surface area contributed by atoms with Crippen molar-refractivity contribution in [3.8, 4) is 28.5 Å². The van der Waals surface area contributed by atoms with Crippen molar-refractivity contribution in [1.82, 2.24) is 9.88 Å². The van der Waals surface area contributed by atoms with Crippen molar-refractivity contribution >= 4 is 17.7 Å². The molecule has 0 aliphatic rings. The van der Waals surface area contributed by atoms with E-state index in [4.69, 9.17) is 9.47 Å².